The first kappa shape index (κ1) is 54.2. The normalized spacial score (nSPS) is 22.0. The van der Waals surface area contributed by atoms with Gasteiger partial charge < -0.3 is 44.0 Å². The SMILES string of the molecule is C=CCO[C@@]12Oc3ccc(Oc4ccc(SC)cc4)cc3[C@H]3[C@H](CCCCO)[C@@H](CCCCO)C=C(C(=NOCc4ccccc4)C[C@@H]1N(CCOCCO)C(=O)CCCCCCCCCCC)[C@H]32. The van der Waals surface area contributed by atoms with Crippen LogP contribution in [0.25, 0.3) is 0 Å². The molecule has 6 rings (SSSR count). The molecule has 3 aromatic carbocycles. The number of nitrogens with zero attached hydrogens (tertiary/aromatic N) is 2. The molecule has 1 saturated carbocycles. The summed E-state index contributed by atoms with van der Waals surface area (Å²) in [6, 6.07) is 23.5. The summed E-state index contributed by atoms with van der Waals surface area (Å²) < 4.78 is 27.2. The molecule has 0 radical (unpaired) electrons. The molecule has 12 heteroatoms. The van der Waals surface area contributed by atoms with E-state index in [1.807, 2.05) is 59.5 Å². The van der Waals surface area contributed by atoms with Crippen LogP contribution in [0.2, 0.25) is 0 Å². The maximum absolute atomic E-state index is 15.0. The molecular formula is C57H80N2O9S. The molecule has 3 aromatic rings. The van der Waals surface area contributed by atoms with E-state index in [1.54, 1.807) is 17.8 Å². The Labute approximate surface area is 416 Å². The number of hydrogen-bond donors (Lipinski definition) is 3. The molecule has 0 spiro atoms. The zero-order valence-corrected chi connectivity index (χ0v) is 42.3. The third-order valence-electron chi connectivity index (χ3n) is 14.1. The van der Waals surface area contributed by atoms with E-state index < -0.39 is 17.7 Å². The molecule has 0 unspecified atom stereocenters. The predicted molar refractivity (Wildman–Crippen MR) is 276 cm³/mol. The highest BCUT2D eigenvalue weighted by Gasteiger charge is 2.65. The third kappa shape index (κ3) is 14.9. The van der Waals surface area contributed by atoms with Gasteiger partial charge >= 0.3 is 0 Å². The Morgan fingerprint density at radius 3 is 2.26 bits per heavy atom. The second-order valence-electron chi connectivity index (χ2n) is 18.8. The summed E-state index contributed by atoms with van der Waals surface area (Å²) in [5.74, 6) is 0.198. The summed E-state index contributed by atoms with van der Waals surface area (Å²) in [6.07, 6.45) is 21.8. The third-order valence-corrected chi connectivity index (χ3v) is 14.8. The molecule has 3 aliphatic rings. The number of aliphatic hydroxyl groups excluding tert-OH is 3. The topological polar surface area (TPSA) is 140 Å². The number of aliphatic hydroxyl groups is 3. The first-order valence-corrected chi connectivity index (χ1v) is 27.2. The molecule has 6 atom stereocenters. The Morgan fingerprint density at radius 2 is 1.57 bits per heavy atom. The van der Waals surface area contributed by atoms with Gasteiger partial charge in [-0.2, -0.15) is 0 Å². The summed E-state index contributed by atoms with van der Waals surface area (Å²) in [4.78, 5) is 24.4. The minimum atomic E-state index is -1.39. The van der Waals surface area contributed by atoms with Crippen LogP contribution < -0.4 is 9.47 Å². The molecule has 3 N–H and O–H groups in total. The van der Waals surface area contributed by atoms with E-state index in [-0.39, 0.29) is 76.5 Å². The van der Waals surface area contributed by atoms with Gasteiger partial charge in [-0.25, -0.2) is 0 Å². The van der Waals surface area contributed by atoms with Crippen molar-refractivity contribution in [1.29, 1.82) is 0 Å². The van der Waals surface area contributed by atoms with Crippen LogP contribution in [0.4, 0.5) is 0 Å². The lowest BCUT2D eigenvalue weighted by molar-refractivity contribution is -0.258. The molecule has 1 fully saturated rings. The van der Waals surface area contributed by atoms with E-state index in [4.69, 9.17) is 28.9 Å². The van der Waals surface area contributed by atoms with Crippen LogP contribution in [-0.4, -0.2) is 96.1 Å². The molecule has 11 nitrogen and oxygen atoms in total. The van der Waals surface area contributed by atoms with Crippen LogP contribution in [0.3, 0.4) is 0 Å². The molecule has 378 valence electrons. The van der Waals surface area contributed by atoms with Crippen LogP contribution in [0.15, 0.2) is 107 Å². The molecular weight excluding hydrogens is 889 g/mol. The van der Waals surface area contributed by atoms with Crippen molar-refractivity contribution in [2.75, 3.05) is 52.4 Å². The fourth-order valence-electron chi connectivity index (χ4n) is 10.8. The molecule has 2 aliphatic carbocycles. The Bertz CT molecular complexity index is 2050. The summed E-state index contributed by atoms with van der Waals surface area (Å²) in [5.41, 5.74) is 3.71. The van der Waals surface area contributed by atoms with Crippen LogP contribution in [-0.2, 0) is 25.7 Å². The fraction of sp³-hybridized carbons (Fsp3) is 0.579. The maximum Gasteiger partial charge on any atom is 0.239 e. The second kappa shape index (κ2) is 29.2. The summed E-state index contributed by atoms with van der Waals surface area (Å²) in [6.45, 7) is 7.51. The summed E-state index contributed by atoms with van der Waals surface area (Å²) in [5, 5.41) is 34.8. The smallest absolute Gasteiger partial charge is 0.239 e. The highest BCUT2D eigenvalue weighted by molar-refractivity contribution is 7.98. The number of benzene rings is 3. The van der Waals surface area contributed by atoms with Crippen molar-refractivity contribution in [2.45, 2.75) is 145 Å². The van der Waals surface area contributed by atoms with Crippen LogP contribution in [0, 0.1) is 17.8 Å². The monoisotopic (exact) mass is 969 g/mol. The zero-order valence-electron chi connectivity index (χ0n) is 41.4. The number of unbranched alkanes of at least 4 members (excludes halogenated alkanes) is 10. The number of hydrogen-bond acceptors (Lipinski definition) is 11. The van der Waals surface area contributed by atoms with E-state index in [1.165, 1.54) is 38.5 Å². The number of rotatable bonds is 33. The van der Waals surface area contributed by atoms with E-state index in [2.05, 4.69) is 44.0 Å². The van der Waals surface area contributed by atoms with Gasteiger partial charge in [0, 0.05) is 49.0 Å². The average molecular weight is 969 g/mol. The zero-order chi connectivity index (χ0) is 48.7. The van der Waals surface area contributed by atoms with Crippen molar-refractivity contribution in [3.63, 3.8) is 0 Å². The number of amides is 1. The van der Waals surface area contributed by atoms with Gasteiger partial charge in [0.2, 0.25) is 11.7 Å². The highest BCUT2D eigenvalue weighted by Crippen LogP contribution is 2.62. The van der Waals surface area contributed by atoms with Crippen molar-refractivity contribution in [1.82, 2.24) is 4.90 Å². The molecule has 0 saturated heterocycles. The van der Waals surface area contributed by atoms with E-state index in [0.29, 0.717) is 37.2 Å². The van der Waals surface area contributed by atoms with E-state index >= 15 is 4.79 Å². The molecule has 0 bridgehead atoms. The van der Waals surface area contributed by atoms with Crippen molar-refractivity contribution >= 4 is 23.4 Å². The van der Waals surface area contributed by atoms with Gasteiger partial charge in [-0.3, -0.25) is 4.79 Å². The number of oxime groups is 1. The molecule has 1 heterocycles. The summed E-state index contributed by atoms with van der Waals surface area (Å²) in [7, 11) is 0. The Kier molecular flexibility index (Phi) is 23.0. The van der Waals surface area contributed by atoms with Crippen molar-refractivity contribution in [2.24, 2.45) is 22.9 Å². The lowest BCUT2D eigenvalue weighted by Gasteiger charge is -2.60. The van der Waals surface area contributed by atoms with Crippen LogP contribution >= 0.6 is 11.8 Å². The van der Waals surface area contributed by atoms with Crippen molar-refractivity contribution in [3.05, 3.63) is 108 Å². The lowest BCUT2D eigenvalue weighted by Crippen LogP contribution is -2.70. The average Bonchev–Trinajstić information content (AvgIpc) is 3.37. The van der Waals surface area contributed by atoms with Crippen molar-refractivity contribution in [3.8, 4) is 17.2 Å². The highest BCUT2D eigenvalue weighted by atomic mass is 32.2. The lowest BCUT2D eigenvalue weighted by atomic mass is 9.55. The Balaban J connectivity index is 1.49. The molecule has 69 heavy (non-hydrogen) atoms. The number of allylic oxidation sites excluding steroid dienone is 1. The van der Waals surface area contributed by atoms with E-state index in [0.717, 1.165) is 78.0 Å². The Morgan fingerprint density at radius 1 is 0.855 bits per heavy atom. The standard InChI is InChI=1S/C57H80N2O9S/c1-4-6-7-8-9-10-11-12-16-25-54(63)59(32-37-64-38-35-62)53-41-51(58-66-42-43-21-14-13-15-22-43)49-39-44(23-17-19-33-60)48(24-18-20-34-61)55-50-40-46(67-45-26-29-47(69-3)30-27-45)28-31-52(50)68-57(53,56(49)55)65-36-5-2/h5,13-15,21-22,26-31,39-40,44,48,53,55-56,60-62H,2,4,6-12,16-20,23-25,32-38,41-42H2,1,3H3/t44-,48+,53-,55+,56+,57+/m0/s1. The molecule has 1 amide bonds. The number of ether oxygens (including phenoxy) is 4. The largest absolute Gasteiger partial charge is 0.459 e. The minimum absolute atomic E-state index is 0.00604. The quantitative estimate of drug-likeness (QED) is 0.0234. The fourth-order valence-corrected chi connectivity index (χ4v) is 11.2. The van der Waals surface area contributed by atoms with Gasteiger partial charge in [-0.1, -0.05) is 119 Å². The Hall–Kier alpha value is -4.17. The number of carbonyl (C=O) groups excluding carboxylic acids is 1. The van der Waals surface area contributed by atoms with Crippen molar-refractivity contribution < 1.29 is 43.9 Å². The van der Waals surface area contributed by atoms with Crippen LogP contribution in [0.1, 0.15) is 133 Å². The van der Waals surface area contributed by atoms with E-state index in [9.17, 15) is 15.3 Å². The van der Waals surface area contributed by atoms with Gasteiger partial charge in [0.15, 0.2) is 0 Å². The van der Waals surface area contributed by atoms with Gasteiger partial charge in [0.25, 0.3) is 0 Å². The minimum Gasteiger partial charge on any atom is -0.459 e. The second-order valence-corrected chi connectivity index (χ2v) is 19.7. The molecule has 1 aliphatic heterocycles. The summed E-state index contributed by atoms with van der Waals surface area (Å²) >= 11 is 1.68. The predicted octanol–water partition coefficient (Wildman–Crippen LogP) is 11.8. The number of fused-ring (bicyclic) bond motifs is 2. The van der Waals surface area contributed by atoms with Gasteiger partial charge in [0.1, 0.15) is 29.9 Å². The number of carbonyl (C=O) groups is 1. The first-order chi connectivity index (χ1) is 33.9. The van der Waals surface area contributed by atoms with Crippen LogP contribution in [0.5, 0.6) is 17.2 Å². The number of thioether (sulfide) groups is 1. The maximum atomic E-state index is 15.0. The first-order valence-electron chi connectivity index (χ1n) is 26.0. The molecule has 0 aromatic heterocycles. The van der Waals surface area contributed by atoms with Gasteiger partial charge in [0.05, 0.1) is 38.1 Å². The van der Waals surface area contributed by atoms with Gasteiger partial charge in [-0.05, 0) is 104 Å². The van der Waals surface area contributed by atoms with Gasteiger partial charge in [-0.15, -0.1) is 18.3 Å².